The van der Waals surface area contributed by atoms with Crippen LogP contribution in [0.2, 0.25) is 0 Å². The number of aryl methyl sites for hydroxylation is 1. The third kappa shape index (κ3) is 5.05. The van der Waals surface area contributed by atoms with Gasteiger partial charge in [0, 0.05) is 19.6 Å². The molecule has 1 heterocycles. The maximum absolute atomic E-state index is 12.2. The maximum Gasteiger partial charge on any atom is 0.272 e. The van der Waals surface area contributed by atoms with E-state index in [0.29, 0.717) is 12.2 Å². The summed E-state index contributed by atoms with van der Waals surface area (Å²) in [5.74, 6) is 0.626. The van der Waals surface area contributed by atoms with E-state index in [9.17, 15) is 4.79 Å². The molecule has 2 rings (SSSR count). The van der Waals surface area contributed by atoms with Crippen LogP contribution in [-0.2, 0) is 6.54 Å². The number of rotatable bonds is 8. The van der Waals surface area contributed by atoms with Crippen LogP contribution in [0.4, 0.5) is 5.82 Å². The van der Waals surface area contributed by atoms with Gasteiger partial charge in [0.2, 0.25) is 0 Å². The fourth-order valence-corrected chi connectivity index (χ4v) is 2.47. The van der Waals surface area contributed by atoms with Crippen LogP contribution in [0.5, 0.6) is 0 Å². The zero-order valence-electron chi connectivity index (χ0n) is 14.7. The molecule has 128 valence electrons. The molecular formula is C19H26N4O. The fraction of sp³-hybridized carbons (Fsp3) is 0.421. The summed E-state index contributed by atoms with van der Waals surface area (Å²) in [5.41, 5.74) is 2.62. The Bertz CT molecular complexity index is 631. The lowest BCUT2D eigenvalue weighted by Gasteiger charge is -2.21. The molecule has 24 heavy (non-hydrogen) atoms. The SMILES string of the molecule is CCCN(CCC)c1ccc(C(=O)NCc2ccc(C)cc2)nn1. The van der Waals surface area contributed by atoms with Crippen molar-refractivity contribution in [2.24, 2.45) is 0 Å². The normalized spacial score (nSPS) is 10.5. The molecule has 5 heteroatoms. The first-order chi connectivity index (χ1) is 11.6. The van der Waals surface area contributed by atoms with Gasteiger partial charge in [-0.2, -0.15) is 0 Å². The molecular weight excluding hydrogens is 300 g/mol. The van der Waals surface area contributed by atoms with Crippen molar-refractivity contribution in [1.29, 1.82) is 0 Å². The van der Waals surface area contributed by atoms with Crippen molar-refractivity contribution in [2.75, 3.05) is 18.0 Å². The molecule has 1 amide bonds. The van der Waals surface area contributed by atoms with Crippen LogP contribution in [0.1, 0.15) is 48.3 Å². The number of aromatic nitrogens is 2. The minimum atomic E-state index is -0.202. The van der Waals surface area contributed by atoms with Crippen molar-refractivity contribution in [3.8, 4) is 0 Å². The van der Waals surface area contributed by atoms with Crippen LogP contribution >= 0.6 is 0 Å². The summed E-state index contributed by atoms with van der Waals surface area (Å²) in [6, 6.07) is 11.7. The predicted octanol–water partition coefficient (Wildman–Crippen LogP) is 3.34. The lowest BCUT2D eigenvalue weighted by molar-refractivity contribution is 0.0945. The summed E-state index contributed by atoms with van der Waals surface area (Å²) in [5, 5.41) is 11.2. The van der Waals surface area contributed by atoms with E-state index in [1.165, 1.54) is 5.56 Å². The number of carbonyl (C=O) groups is 1. The average molecular weight is 326 g/mol. The molecule has 0 spiro atoms. The van der Waals surface area contributed by atoms with Gasteiger partial charge in [0.1, 0.15) is 0 Å². The predicted molar refractivity (Wildman–Crippen MR) is 97.2 cm³/mol. The highest BCUT2D eigenvalue weighted by Gasteiger charge is 2.11. The number of hydrogen-bond acceptors (Lipinski definition) is 4. The van der Waals surface area contributed by atoms with Gasteiger partial charge in [-0.05, 0) is 37.5 Å². The van der Waals surface area contributed by atoms with E-state index < -0.39 is 0 Å². The summed E-state index contributed by atoms with van der Waals surface area (Å²) in [7, 11) is 0. The molecule has 0 atom stereocenters. The van der Waals surface area contributed by atoms with E-state index >= 15 is 0 Å². The monoisotopic (exact) mass is 326 g/mol. The second kappa shape index (κ2) is 9.01. The Kier molecular flexibility index (Phi) is 6.73. The van der Waals surface area contributed by atoms with E-state index in [0.717, 1.165) is 37.3 Å². The molecule has 0 saturated carbocycles. The molecule has 0 unspecified atom stereocenters. The van der Waals surface area contributed by atoms with Gasteiger partial charge in [-0.15, -0.1) is 10.2 Å². The summed E-state index contributed by atoms with van der Waals surface area (Å²) in [6.45, 7) is 8.70. The Morgan fingerprint density at radius 1 is 1.00 bits per heavy atom. The Balaban J connectivity index is 1.96. The standard InChI is InChI=1S/C19H26N4O/c1-4-12-23(13-5-2)18-11-10-17(21-22-18)19(24)20-14-16-8-6-15(3)7-9-16/h6-11H,4-5,12-14H2,1-3H3,(H,20,24). The van der Waals surface area contributed by atoms with E-state index in [1.807, 2.05) is 37.3 Å². The second-order valence-electron chi connectivity index (χ2n) is 5.93. The van der Waals surface area contributed by atoms with Gasteiger partial charge in [0.05, 0.1) is 0 Å². The van der Waals surface area contributed by atoms with Gasteiger partial charge in [0.25, 0.3) is 5.91 Å². The molecule has 0 bridgehead atoms. The van der Waals surface area contributed by atoms with Crippen LogP contribution in [0.3, 0.4) is 0 Å². The topological polar surface area (TPSA) is 58.1 Å². The van der Waals surface area contributed by atoms with Crippen LogP contribution in [0.15, 0.2) is 36.4 Å². The molecule has 0 fully saturated rings. The lowest BCUT2D eigenvalue weighted by atomic mass is 10.1. The van der Waals surface area contributed by atoms with Crippen LogP contribution in [0, 0.1) is 6.92 Å². The number of benzene rings is 1. The summed E-state index contributed by atoms with van der Waals surface area (Å²) in [4.78, 5) is 14.4. The van der Waals surface area contributed by atoms with E-state index in [-0.39, 0.29) is 5.91 Å². The fourth-order valence-electron chi connectivity index (χ4n) is 2.47. The minimum Gasteiger partial charge on any atom is -0.355 e. The number of nitrogens with zero attached hydrogens (tertiary/aromatic N) is 3. The molecule has 0 saturated heterocycles. The minimum absolute atomic E-state index is 0.202. The average Bonchev–Trinajstić information content (AvgIpc) is 2.61. The summed E-state index contributed by atoms with van der Waals surface area (Å²) < 4.78 is 0. The molecule has 0 radical (unpaired) electrons. The Hall–Kier alpha value is -2.43. The Morgan fingerprint density at radius 2 is 1.67 bits per heavy atom. The zero-order valence-corrected chi connectivity index (χ0v) is 14.7. The van der Waals surface area contributed by atoms with Gasteiger partial charge in [0.15, 0.2) is 11.5 Å². The van der Waals surface area contributed by atoms with Crippen molar-refractivity contribution < 1.29 is 4.79 Å². The number of anilines is 1. The van der Waals surface area contributed by atoms with Gasteiger partial charge in [-0.3, -0.25) is 4.79 Å². The first-order valence-electron chi connectivity index (χ1n) is 8.56. The molecule has 0 aliphatic heterocycles. The van der Waals surface area contributed by atoms with Gasteiger partial charge in [-0.1, -0.05) is 43.7 Å². The Morgan fingerprint density at radius 3 is 2.21 bits per heavy atom. The van der Waals surface area contributed by atoms with Crippen LogP contribution < -0.4 is 10.2 Å². The van der Waals surface area contributed by atoms with E-state index in [4.69, 9.17) is 0 Å². The van der Waals surface area contributed by atoms with Gasteiger partial charge < -0.3 is 10.2 Å². The smallest absolute Gasteiger partial charge is 0.272 e. The number of hydrogen-bond donors (Lipinski definition) is 1. The molecule has 1 aromatic heterocycles. The second-order valence-corrected chi connectivity index (χ2v) is 5.93. The summed E-state index contributed by atoms with van der Waals surface area (Å²) >= 11 is 0. The van der Waals surface area contributed by atoms with Crippen molar-refractivity contribution in [3.63, 3.8) is 0 Å². The summed E-state index contributed by atoms with van der Waals surface area (Å²) in [6.07, 6.45) is 2.11. The lowest BCUT2D eigenvalue weighted by Crippen LogP contribution is -2.27. The third-order valence-corrected chi connectivity index (χ3v) is 3.77. The third-order valence-electron chi connectivity index (χ3n) is 3.77. The van der Waals surface area contributed by atoms with Crippen LogP contribution in [-0.4, -0.2) is 29.2 Å². The van der Waals surface area contributed by atoms with E-state index in [2.05, 4.69) is 34.3 Å². The molecule has 5 nitrogen and oxygen atoms in total. The van der Waals surface area contributed by atoms with Crippen molar-refractivity contribution in [2.45, 2.75) is 40.2 Å². The van der Waals surface area contributed by atoms with Gasteiger partial charge >= 0.3 is 0 Å². The first-order valence-corrected chi connectivity index (χ1v) is 8.56. The number of amides is 1. The van der Waals surface area contributed by atoms with Crippen molar-refractivity contribution in [3.05, 3.63) is 53.2 Å². The highest BCUT2D eigenvalue weighted by Crippen LogP contribution is 2.11. The first kappa shape index (κ1) is 17.9. The van der Waals surface area contributed by atoms with Gasteiger partial charge in [-0.25, -0.2) is 0 Å². The highest BCUT2D eigenvalue weighted by atomic mass is 16.1. The quantitative estimate of drug-likeness (QED) is 0.808. The molecule has 1 N–H and O–H groups in total. The maximum atomic E-state index is 12.2. The molecule has 2 aromatic rings. The van der Waals surface area contributed by atoms with Crippen molar-refractivity contribution in [1.82, 2.24) is 15.5 Å². The number of nitrogens with one attached hydrogen (secondary N) is 1. The Labute approximate surface area is 144 Å². The molecule has 0 aliphatic rings. The largest absolute Gasteiger partial charge is 0.355 e. The molecule has 0 aliphatic carbocycles. The molecule has 1 aromatic carbocycles. The zero-order chi connectivity index (χ0) is 17.4. The van der Waals surface area contributed by atoms with Crippen LogP contribution in [0.25, 0.3) is 0 Å². The van der Waals surface area contributed by atoms with E-state index in [1.54, 1.807) is 6.07 Å². The highest BCUT2D eigenvalue weighted by molar-refractivity contribution is 5.92. The van der Waals surface area contributed by atoms with Crippen molar-refractivity contribution >= 4 is 11.7 Å². The number of carbonyl (C=O) groups excluding carboxylic acids is 1.